The Hall–Kier alpha value is -2.56. The average molecular weight is 368 g/mol. The molecule has 4 rings (SSSR count). The van der Waals surface area contributed by atoms with E-state index < -0.39 is 11.2 Å². The van der Waals surface area contributed by atoms with Gasteiger partial charge in [0.15, 0.2) is 11.4 Å². The Bertz CT molecular complexity index is 1040. The topological polar surface area (TPSA) is 65.7 Å². The molecule has 0 saturated carbocycles. The molecule has 2 atom stereocenters. The fourth-order valence-corrected chi connectivity index (χ4v) is 3.82. The molecule has 0 fully saturated rings. The van der Waals surface area contributed by atoms with Crippen molar-refractivity contribution in [2.75, 3.05) is 0 Å². The van der Waals surface area contributed by atoms with Crippen molar-refractivity contribution in [3.8, 4) is 11.5 Å². The van der Waals surface area contributed by atoms with E-state index in [0.717, 1.165) is 17.5 Å². The summed E-state index contributed by atoms with van der Waals surface area (Å²) in [4.78, 5) is 25.4. The molecular weight excluding hydrogens is 344 g/mol. The SMILES string of the molecule is CCCc1cc(=O)oc2c3c(c4c(c12)OC(C)(C)C=C4)O[C@H](C)[C@H](C)C3=O. The predicted molar refractivity (Wildman–Crippen MR) is 104 cm³/mol. The molecule has 27 heavy (non-hydrogen) atoms. The van der Waals surface area contributed by atoms with Crippen LogP contribution in [0.5, 0.6) is 11.5 Å². The van der Waals surface area contributed by atoms with Gasteiger partial charge in [-0.3, -0.25) is 4.79 Å². The highest BCUT2D eigenvalue weighted by molar-refractivity contribution is 6.14. The quantitative estimate of drug-likeness (QED) is 0.729. The second-order valence-corrected chi connectivity index (χ2v) is 8.01. The van der Waals surface area contributed by atoms with Gasteiger partial charge in [0.1, 0.15) is 28.8 Å². The molecule has 0 radical (unpaired) electrons. The molecule has 1 aromatic carbocycles. The van der Waals surface area contributed by atoms with Crippen molar-refractivity contribution in [1.29, 1.82) is 0 Å². The van der Waals surface area contributed by atoms with Crippen LogP contribution >= 0.6 is 0 Å². The first-order valence-electron chi connectivity index (χ1n) is 9.49. The lowest BCUT2D eigenvalue weighted by atomic mass is 9.86. The molecule has 0 N–H and O–H groups in total. The van der Waals surface area contributed by atoms with Crippen molar-refractivity contribution in [2.45, 2.75) is 59.2 Å². The maximum Gasteiger partial charge on any atom is 0.336 e. The Balaban J connectivity index is 2.18. The van der Waals surface area contributed by atoms with Crippen LogP contribution in [0.3, 0.4) is 0 Å². The van der Waals surface area contributed by atoms with Crippen molar-refractivity contribution >= 4 is 22.8 Å². The number of hydrogen-bond donors (Lipinski definition) is 0. The number of ketones is 1. The molecule has 5 heteroatoms. The fourth-order valence-electron chi connectivity index (χ4n) is 3.82. The van der Waals surface area contributed by atoms with Gasteiger partial charge >= 0.3 is 5.63 Å². The highest BCUT2D eigenvalue weighted by Gasteiger charge is 2.39. The highest BCUT2D eigenvalue weighted by atomic mass is 16.5. The molecule has 2 aliphatic heterocycles. The fraction of sp³-hybridized carbons (Fsp3) is 0.455. The molecule has 0 bridgehead atoms. The Morgan fingerprint density at radius 1 is 1.15 bits per heavy atom. The number of hydrogen-bond acceptors (Lipinski definition) is 5. The molecule has 142 valence electrons. The number of ether oxygens (including phenoxy) is 2. The first kappa shape index (κ1) is 17.8. The van der Waals surface area contributed by atoms with Crippen molar-refractivity contribution in [2.24, 2.45) is 5.92 Å². The molecular formula is C22H24O5. The second kappa shape index (κ2) is 5.98. The number of fused-ring (bicyclic) bond motifs is 6. The minimum absolute atomic E-state index is 0.0633. The third-order valence-corrected chi connectivity index (χ3v) is 5.42. The maximum absolute atomic E-state index is 13.1. The smallest absolute Gasteiger partial charge is 0.336 e. The van der Waals surface area contributed by atoms with Crippen LogP contribution in [0.25, 0.3) is 17.0 Å². The van der Waals surface area contributed by atoms with Crippen LogP contribution in [0.1, 0.15) is 62.5 Å². The summed E-state index contributed by atoms with van der Waals surface area (Å²) in [6.07, 6.45) is 5.20. The van der Waals surface area contributed by atoms with Crippen LogP contribution in [0.15, 0.2) is 21.4 Å². The normalized spacial score (nSPS) is 22.8. The summed E-state index contributed by atoms with van der Waals surface area (Å²) < 4.78 is 18.0. The van der Waals surface area contributed by atoms with Gasteiger partial charge in [-0.25, -0.2) is 4.79 Å². The monoisotopic (exact) mass is 368 g/mol. The first-order valence-corrected chi connectivity index (χ1v) is 9.49. The van der Waals surface area contributed by atoms with Gasteiger partial charge < -0.3 is 13.9 Å². The van der Waals surface area contributed by atoms with Crippen LogP contribution in [-0.2, 0) is 6.42 Å². The standard InChI is InChI=1S/C22H24O5/c1-6-7-13-10-15(23)26-21-16(13)20-14(8-9-22(4,5)27-20)19-17(21)18(24)11(2)12(3)25-19/h8-12H,6-7H2,1-5H3/t11-,12+/m0/s1. The van der Waals surface area contributed by atoms with Gasteiger partial charge in [-0.15, -0.1) is 0 Å². The summed E-state index contributed by atoms with van der Waals surface area (Å²) in [7, 11) is 0. The first-order chi connectivity index (χ1) is 12.7. The molecule has 2 aliphatic rings. The molecule has 0 aliphatic carbocycles. The van der Waals surface area contributed by atoms with Gasteiger partial charge in [-0.1, -0.05) is 20.3 Å². The third-order valence-electron chi connectivity index (χ3n) is 5.42. The predicted octanol–water partition coefficient (Wildman–Crippen LogP) is 4.53. The van der Waals surface area contributed by atoms with E-state index in [2.05, 4.69) is 0 Å². The zero-order valence-corrected chi connectivity index (χ0v) is 16.3. The maximum atomic E-state index is 13.1. The number of rotatable bonds is 2. The van der Waals surface area contributed by atoms with E-state index in [1.807, 2.05) is 46.8 Å². The lowest BCUT2D eigenvalue weighted by Gasteiger charge is -2.34. The van der Waals surface area contributed by atoms with Gasteiger partial charge in [-0.2, -0.15) is 0 Å². The van der Waals surface area contributed by atoms with E-state index >= 15 is 0 Å². The molecule has 0 unspecified atom stereocenters. The summed E-state index contributed by atoms with van der Waals surface area (Å²) in [5, 5.41) is 0.710. The van der Waals surface area contributed by atoms with Gasteiger partial charge in [-0.05, 0) is 44.9 Å². The summed E-state index contributed by atoms with van der Waals surface area (Å²) in [5.41, 5.74) is 1.26. The van der Waals surface area contributed by atoms with Gasteiger partial charge in [0.25, 0.3) is 0 Å². The van der Waals surface area contributed by atoms with Crippen LogP contribution in [0, 0.1) is 5.92 Å². The lowest BCUT2D eigenvalue weighted by Crippen LogP contribution is -2.35. The van der Waals surface area contributed by atoms with Crippen LogP contribution in [0.2, 0.25) is 0 Å². The molecule has 0 saturated heterocycles. The third kappa shape index (κ3) is 2.68. The minimum Gasteiger partial charge on any atom is -0.488 e. The summed E-state index contributed by atoms with van der Waals surface area (Å²) >= 11 is 0. The largest absolute Gasteiger partial charge is 0.488 e. The average Bonchev–Trinajstić information content (AvgIpc) is 2.58. The Morgan fingerprint density at radius 2 is 1.89 bits per heavy atom. The van der Waals surface area contributed by atoms with Crippen molar-refractivity contribution < 1.29 is 18.7 Å². The molecule has 0 spiro atoms. The van der Waals surface area contributed by atoms with E-state index in [1.165, 1.54) is 6.07 Å². The Labute approximate surface area is 158 Å². The van der Waals surface area contributed by atoms with Crippen LogP contribution in [-0.4, -0.2) is 17.5 Å². The molecule has 2 aromatic rings. The van der Waals surface area contributed by atoms with Crippen molar-refractivity contribution in [1.82, 2.24) is 0 Å². The number of aryl methyl sites for hydroxylation is 1. The Morgan fingerprint density at radius 3 is 2.59 bits per heavy atom. The van der Waals surface area contributed by atoms with Crippen LogP contribution in [0.4, 0.5) is 0 Å². The number of Topliss-reactive ketones (excluding diaryl/α,β-unsaturated/α-hetero) is 1. The lowest BCUT2D eigenvalue weighted by molar-refractivity contribution is 0.0728. The van der Waals surface area contributed by atoms with E-state index in [1.54, 1.807) is 0 Å². The van der Waals surface area contributed by atoms with E-state index in [0.29, 0.717) is 28.9 Å². The zero-order chi connectivity index (χ0) is 19.5. The van der Waals surface area contributed by atoms with E-state index in [4.69, 9.17) is 13.9 Å². The number of carbonyl (C=O) groups is 1. The summed E-state index contributed by atoms with van der Waals surface area (Å²) in [6, 6.07) is 1.51. The summed E-state index contributed by atoms with van der Waals surface area (Å²) in [5.74, 6) is 0.699. The molecule has 3 heterocycles. The van der Waals surface area contributed by atoms with Crippen molar-refractivity contribution in [3.05, 3.63) is 39.3 Å². The molecule has 0 amide bonds. The van der Waals surface area contributed by atoms with Crippen LogP contribution < -0.4 is 15.1 Å². The number of carbonyl (C=O) groups excluding carboxylic acids is 1. The van der Waals surface area contributed by atoms with E-state index in [-0.39, 0.29) is 23.4 Å². The number of benzene rings is 1. The van der Waals surface area contributed by atoms with Gasteiger partial charge in [0, 0.05) is 6.07 Å². The summed E-state index contributed by atoms with van der Waals surface area (Å²) in [6.45, 7) is 9.70. The van der Waals surface area contributed by atoms with Gasteiger partial charge in [0.05, 0.1) is 16.9 Å². The highest BCUT2D eigenvalue weighted by Crippen LogP contribution is 2.49. The van der Waals surface area contributed by atoms with Crippen molar-refractivity contribution in [3.63, 3.8) is 0 Å². The minimum atomic E-state index is -0.509. The van der Waals surface area contributed by atoms with Gasteiger partial charge in [0.2, 0.25) is 0 Å². The van der Waals surface area contributed by atoms with E-state index in [9.17, 15) is 9.59 Å². The molecule has 5 nitrogen and oxygen atoms in total. The zero-order valence-electron chi connectivity index (χ0n) is 16.3. The molecule has 1 aromatic heterocycles. The second-order valence-electron chi connectivity index (χ2n) is 8.01. The Kier molecular flexibility index (Phi) is 3.95.